The number of amides is 3. The molecule has 1 N–H and O–H groups in total. The number of ketones is 1. The molecule has 228 valence electrons. The van der Waals surface area contributed by atoms with E-state index < -0.39 is 23.7 Å². The van der Waals surface area contributed by atoms with Gasteiger partial charge in [0.2, 0.25) is 11.9 Å². The van der Waals surface area contributed by atoms with E-state index in [1.807, 2.05) is 6.07 Å². The molecule has 0 aliphatic carbocycles. The summed E-state index contributed by atoms with van der Waals surface area (Å²) in [5.74, 6) is -1.27. The van der Waals surface area contributed by atoms with Gasteiger partial charge in [-0.25, -0.2) is 4.79 Å². The molecular weight excluding hydrogens is 604 g/mol. The number of anilines is 1. The molecule has 3 heterocycles. The molecule has 2 atom stereocenters. The molecule has 0 spiro atoms. The van der Waals surface area contributed by atoms with Crippen LogP contribution in [0.3, 0.4) is 0 Å². The minimum absolute atomic E-state index is 0.0167. The SMILES string of the molecule is CN(C)C(=O)N1CCC(c2nc(N(C)Cc3ccc(Cl)s3)n(C(=O)c3cccc(C(=O)C(O)c4ccccc4)c3)n2)CC1=O. The molecule has 11 nitrogen and oxygen atoms in total. The lowest BCUT2D eigenvalue weighted by Gasteiger charge is -2.30. The molecule has 1 fully saturated rings. The molecule has 5 rings (SSSR count). The maximum absolute atomic E-state index is 13.9. The van der Waals surface area contributed by atoms with Gasteiger partial charge in [0, 0.05) is 56.0 Å². The van der Waals surface area contributed by atoms with E-state index in [1.54, 1.807) is 80.6 Å². The predicted molar refractivity (Wildman–Crippen MR) is 166 cm³/mol. The monoisotopic (exact) mass is 634 g/mol. The van der Waals surface area contributed by atoms with Gasteiger partial charge in [0.15, 0.2) is 11.6 Å². The average Bonchev–Trinajstić information content (AvgIpc) is 3.66. The van der Waals surface area contributed by atoms with Crippen LogP contribution in [-0.2, 0) is 11.3 Å². The molecule has 44 heavy (non-hydrogen) atoms. The molecule has 0 radical (unpaired) electrons. The Hall–Kier alpha value is -4.39. The molecule has 2 aromatic heterocycles. The molecule has 1 saturated heterocycles. The van der Waals surface area contributed by atoms with Crippen molar-refractivity contribution in [2.75, 3.05) is 32.6 Å². The highest BCUT2D eigenvalue weighted by atomic mass is 35.5. The number of urea groups is 1. The van der Waals surface area contributed by atoms with Crippen molar-refractivity contribution in [3.63, 3.8) is 0 Å². The van der Waals surface area contributed by atoms with Crippen LogP contribution in [-0.4, -0.2) is 81.0 Å². The first-order valence-electron chi connectivity index (χ1n) is 13.9. The fourth-order valence-electron chi connectivity index (χ4n) is 4.99. The van der Waals surface area contributed by atoms with Crippen LogP contribution in [0.5, 0.6) is 0 Å². The zero-order chi connectivity index (χ0) is 31.5. The van der Waals surface area contributed by atoms with E-state index in [-0.39, 0.29) is 42.0 Å². The first-order valence-corrected chi connectivity index (χ1v) is 15.1. The van der Waals surface area contributed by atoms with Crippen molar-refractivity contribution in [1.29, 1.82) is 0 Å². The van der Waals surface area contributed by atoms with Gasteiger partial charge in [0.25, 0.3) is 5.91 Å². The van der Waals surface area contributed by atoms with Crippen LogP contribution in [0.25, 0.3) is 0 Å². The van der Waals surface area contributed by atoms with Gasteiger partial charge in [-0.15, -0.1) is 16.4 Å². The third kappa shape index (κ3) is 6.57. The van der Waals surface area contributed by atoms with Crippen LogP contribution in [0.4, 0.5) is 10.7 Å². The van der Waals surface area contributed by atoms with Crippen LogP contribution in [0.15, 0.2) is 66.7 Å². The number of benzene rings is 2. The summed E-state index contributed by atoms with van der Waals surface area (Å²) in [5.41, 5.74) is 0.781. The van der Waals surface area contributed by atoms with Crippen LogP contribution in [0.2, 0.25) is 4.34 Å². The second-order valence-electron chi connectivity index (χ2n) is 10.7. The quantitative estimate of drug-likeness (QED) is 0.278. The third-order valence-corrected chi connectivity index (χ3v) is 8.54. The van der Waals surface area contributed by atoms with Gasteiger partial charge in [-0.05, 0) is 36.2 Å². The lowest BCUT2D eigenvalue weighted by Crippen LogP contribution is -2.47. The zero-order valence-electron chi connectivity index (χ0n) is 24.4. The molecule has 4 aromatic rings. The Kier molecular flexibility index (Phi) is 9.23. The van der Waals surface area contributed by atoms with Gasteiger partial charge >= 0.3 is 6.03 Å². The zero-order valence-corrected chi connectivity index (χ0v) is 26.0. The van der Waals surface area contributed by atoms with E-state index >= 15 is 0 Å². The van der Waals surface area contributed by atoms with Crippen LogP contribution in [0.1, 0.15) is 61.8 Å². The number of hydrogen-bond donors (Lipinski definition) is 1. The number of aromatic nitrogens is 3. The van der Waals surface area contributed by atoms with Gasteiger partial charge in [-0.2, -0.15) is 9.67 Å². The summed E-state index contributed by atoms with van der Waals surface area (Å²) in [5, 5.41) is 15.2. The molecule has 1 aliphatic rings. The average molecular weight is 635 g/mol. The van der Waals surface area contributed by atoms with Gasteiger partial charge in [-0.1, -0.05) is 54.1 Å². The Morgan fingerprint density at radius 2 is 1.77 bits per heavy atom. The highest BCUT2D eigenvalue weighted by molar-refractivity contribution is 7.16. The Bertz CT molecular complexity index is 1700. The minimum Gasteiger partial charge on any atom is -0.380 e. The van der Waals surface area contributed by atoms with Crippen LogP contribution >= 0.6 is 22.9 Å². The number of carbonyl (C=O) groups is 4. The van der Waals surface area contributed by atoms with Crippen LogP contribution < -0.4 is 4.90 Å². The van der Waals surface area contributed by atoms with E-state index in [0.29, 0.717) is 28.7 Å². The van der Waals surface area contributed by atoms with Gasteiger partial charge in [0.1, 0.15) is 6.10 Å². The topological polar surface area (TPSA) is 129 Å². The Morgan fingerprint density at radius 1 is 1.05 bits per heavy atom. The number of aliphatic hydroxyl groups excluding tert-OH is 1. The van der Waals surface area contributed by atoms with Gasteiger partial charge in [0.05, 0.1) is 10.9 Å². The van der Waals surface area contributed by atoms with E-state index in [1.165, 1.54) is 31.9 Å². The van der Waals surface area contributed by atoms with Crippen molar-refractivity contribution in [3.8, 4) is 0 Å². The van der Waals surface area contributed by atoms with Crippen molar-refractivity contribution >= 4 is 52.5 Å². The number of hydrogen-bond acceptors (Lipinski definition) is 9. The van der Waals surface area contributed by atoms with E-state index in [9.17, 15) is 24.3 Å². The first kappa shape index (κ1) is 31.0. The second-order valence-corrected chi connectivity index (χ2v) is 12.5. The van der Waals surface area contributed by atoms with E-state index in [2.05, 4.69) is 5.10 Å². The summed E-state index contributed by atoms with van der Waals surface area (Å²) in [6.07, 6.45) is -0.932. The highest BCUT2D eigenvalue weighted by Crippen LogP contribution is 2.30. The summed E-state index contributed by atoms with van der Waals surface area (Å²) in [4.78, 5) is 62.3. The lowest BCUT2D eigenvalue weighted by molar-refractivity contribution is -0.131. The Morgan fingerprint density at radius 3 is 2.43 bits per heavy atom. The number of Topliss-reactive ketones (excluding diaryl/α,β-unsaturated/α-hetero) is 1. The fraction of sp³-hybridized carbons (Fsp3) is 0.290. The number of nitrogens with zero attached hydrogens (tertiary/aromatic N) is 6. The molecule has 0 bridgehead atoms. The Labute approximate surface area is 263 Å². The summed E-state index contributed by atoms with van der Waals surface area (Å²) in [6, 6.07) is 18.0. The van der Waals surface area contributed by atoms with Crippen molar-refractivity contribution in [3.05, 3.63) is 98.5 Å². The Balaban J connectivity index is 1.45. The maximum atomic E-state index is 13.9. The summed E-state index contributed by atoms with van der Waals surface area (Å²) in [7, 11) is 4.94. The number of likely N-dealkylation sites (tertiary alicyclic amines) is 1. The predicted octanol–water partition coefficient (Wildman–Crippen LogP) is 4.62. The van der Waals surface area contributed by atoms with Crippen molar-refractivity contribution < 1.29 is 24.3 Å². The van der Waals surface area contributed by atoms with E-state index in [0.717, 1.165) is 4.88 Å². The third-order valence-electron chi connectivity index (χ3n) is 7.32. The van der Waals surface area contributed by atoms with Gasteiger partial charge < -0.3 is 14.9 Å². The number of carbonyl (C=O) groups excluding carboxylic acids is 4. The van der Waals surface area contributed by atoms with E-state index in [4.69, 9.17) is 16.6 Å². The van der Waals surface area contributed by atoms with Crippen LogP contribution in [0, 0.1) is 0 Å². The molecule has 0 saturated carbocycles. The fourth-order valence-corrected chi connectivity index (χ4v) is 6.13. The second kappa shape index (κ2) is 13.1. The summed E-state index contributed by atoms with van der Waals surface area (Å²) < 4.78 is 1.80. The van der Waals surface area contributed by atoms with Gasteiger partial charge in [-0.3, -0.25) is 19.3 Å². The number of piperidine rings is 1. The maximum Gasteiger partial charge on any atom is 0.326 e. The number of imide groups is 1. The summed E-state index contributed by atoms with van der Waals surface area (Å²) >= 11 is 7.53. The number of halogens is 1. The number of thiophene rings is 1. The lowest BCUT2D eigenvalue weighted by atomic mass is 9.96. The molecular formula is C31H31ClN6O5S. The highest BCUT2D eigenvalue weighted by Gasteiger charge is 2.35. The number of rotatable bonds is 8. The molecule has 3 amide bonds. The van der Waals surface area contributed by atoms with Crippen molar-refractivity contribution in [1.82, 2.24) is 24.6 Å². The normalized spacial score (nSPS) is 15.6. The largest absolute Gasteiger partial charge is 0.380 e. The molecule has 1 aliphatic heterocycles. The van der Waals surface area contributed by atoms with Crippen molar-refractivity contribution in [2.45, 2.75) is 31.4 Å². The first-order chi connectivity index (χ1) is 21.0. The molecule has 2 unspecified atom stereocenters. The minimum atomic E-state index is -1.39. The smallest absolute Gasteiger partial charge is 0.326 e. The molecule has 13 heteroatoms. The summed E-state index contributed by atoms with van der Waals surface area (Å²) in [6.45, 7) is 0.592. The standard InChI is InChI=1S/C31H31ClN6O5S/c1-35(2)31(43)37-15-14-21(17-25(37)39)28-33-30(36(3)18-23-12-13-24(32)44-23)38(34-28)29(42)22-11-7-10-20(16-22)27(41)26(40)19-8-5-4-6-9-19/h4-13,16,21,26,40H,14-15,17-18H2,1-3H3. The molecule has 2 aromatic carbocycles. The number of aliphatic hydroxyl groups is 1. The van der Waals surface area contributed by atoms with Crippen molar-refractivity contribution in [2.24, 2.45) is 0 Å².